The summed E-state index contributed by atoms with van der Waals surface area (Å²) >= 11 is 0. The monoisotopic (exact) mass is 273 g/mol. The summed E-state index contributed by atoms with van der Waals surface area (Å²) in [6, 6.07) is 0. The molecule has 19 heavy (non-hydrogen) atoms. The van der Waals surface area contributed by atoms with Crippen LogP contribution in [0.1, 0.15) is 33.1 Å². The highest BCUT2D eigenvalue weighted by Gasteiger charge is 2.31. The molecule has 6 nitrogen and oxygen atoms in total. The Morgan fingerprint density at radius 2 is 2.00 bits per heavy atom. The summed E-state index contributed by atoms with van der Waals surface area (Å²) in [7, 11) is 1.98. The fourth-order valence-electron chi connectivity index (χ4n) is 2.22. The van der Waals surface area contributed by atoms with Gasteiger partial charge >= 0.3 is 0 Å². The number of hydrogen-bond donors (Lipinski definition) is 3. The Bertz CT molecular complexity index is 312. The van der Waals surface area contributed by atoms with E-state index >= 15 is 0 Å². The van der Waals surface area contributed by atoms with Gasteiger partial charge in [0.1, 0.15) is 5.84 Å². The van der Waals surface area contributed by atoms with E-state index in [4.69, 9.17) is 15.7 Å². The molecule has 0 spiro atoms. The standard InChI is InChI=1S/C13H27N3O3/c1-12(2,11(14)15-18)4-7-16(3)10-13(17)5-8-19-9-6-13/h17-18H,4-10H2,1-3H3,(H2,14,15). The molecule has 0 atom stereocenters. The van der Waals surface area contributed by atoms with Gasteiger partial charge in [0, 0.05) is 38.0 Å². The minimum atomic E-state index is -0.645. The van der Waals surface area contributed by atoms with E-state index < -0.39 is 5.60 Å². The van der Waals surface area contributed by atoms with Gasteiger partial charge in [0.25, 0.3) is 0 Å². The number of ether oxygens (including phenoxy) is 1. The zero-order valence-corrected chi connectivity index (χ0v) is 12.2. The molecule has 1 fully saturated rings. The lowest BCUT2D eigenvalue weighted by atomic mass is 9.87. The van der Waals surface area contributed by atoms with E-state index in [1.807, 2.05) is 20.9 Å². The number of amidine groups is 1. The molecule has 6 heteroatoms. The number of rotatable bonds is 6. The molecule has 1 aliphatic rings. The second-order valence-electron chi connectivity index (χ2n) is 6.19. The van der Waals surface area contributed by atoms with Crippen LogP contribution in [-0.4, -0.2) is 60.0 Å². The minimum absolute atomic E-state index is 0.241. The van der Waals surface area contributed by atoms with Crippen molar-refractivity contribution in [1.29, 1.82) is 0 Å². The molecule has 0 saturated carbocycles. The smallest absolute Gasteiger partial charge is 0.144 e. The van der Waals surface area contributed by atoms with Crippen LogP contribution < -0.4 is 5.73 Å². The molecule has 1 heterocycles. The first-order chi connectivity index (χ1) is 8.79. The first-order valence-electron chi connectivity index (χ1n) is 6.76. The van der Waals surface area contributed by atoms with Crippen LogP contribution in [0.2, 0.25) is 0 Å². The molecular weight excluding hydrogens is 246 g/mol. The first-order valence-corrected chi connectivity index (χ1v) is 6.76. The van der Waals surface area contributed by atoms with Gasteiger partial charge in [-0.05, 0) is 20.0 Å². The molecule has 0 aromatic heterocycles. The summed E-state index contributed by atoms with van der Waals surface area (Å²) in [5, 5.41) is 22.2. The van der Waals surface area contributed by atoms with Crippen molar-refractivity contribution in [1.82, 2.24) is 4.90 Å². The summed E-state index contributed by atoms with van der Waals surface area (Å²) in [5.74, 6) is 0.241. The van der Waals surface area contributed by atoms with E-state index in [1.165, 1.54) is 0 Å². The molecule has 1 aliphatic heterocycles. The van der Waals surface area contributed by atoms with E-state index in [2.05, 4.69) is 10.1 Å². The van der Waals surface area contributed by atoms with Gasteiger partial charge in [-0.2, -0.15) is 0 Å². The molecule has 0 aromatic rings. The Morgan fingerprint density at radius 1 is 1.42 bits per heavy atom. The van der Waals surface area contributed by atoms with Crippen LogP contribution in [0.25, 0.3) is 0 Å². The van der Waals surface area contributed by atoms with Crippen molar-refractivity contribution in [3.05, 3.63) is 0 Å². The molecule has 0 aromatic carbocycles. The fraction of sp³-hybridized carbons (Fsp3) is 0.923. The first kappa shape index (κ1) is 16.2. The number of likely N-dealkylation sites (N-methyl/N-ethyl adjacent to an activating group) is 1. The number of nitrogens with two attached hydrogens (primary N) is 1. The lowest BCUT2D eigenvalue weighted by Gasteiger charge is -2.36. The Labute approximate surface area is 115 Å². The second kappa shape index (κ2) is 6.54. The number of nitrogens with zero attached hydrogens (tertiary/aromatic N) is 2. The molecule has 0 unspecified atom stereocenters. The third-order valence-corrected chi connectivity index (χ3v) is 3.91. The topological polar surface area (TPSA) is 91.3 Å². The maximum atomic E-state index is 10.4. The number of oxime groups is 1. The zero-order chi connectivity index (χ0) is 14.5. The highest BCUT2D eigenvalue weighted by Crippen LogP contribution is 2.24. The lowest BCUT2D eigenvalue weighted by Crippen LogP contribution is -2.46. The largest absolute Gasteiger partial charge is 0.409 e. The van der Waals surface area contributed by atoms with Crippen molar-refractivity contribution < 1.29 is 15.1 Å². The molecule has 0 aliphatic carbocycles. The Kier molecular flexibility index (Phi) is 5.58. The zero-order valence-electron chi connectivity index (χ0n) is 12.2. The minimum Gasteiger partial charge on any atom is -0.409 e. The summed E-state index contributed by atoms with van der Waals surface area (Å²) in [6.07, 6.45) is 2.13. The van der Waals surface area contributed by atoms with Gasteiger partial charge in [0.15, 0.2) is 0 Å². The van der Waals surface area contributed by atoms with Crippen LogP contribution in [0, 0.1) is 5.41 Å². The molecular formula is C13H27N3O3. The van der Waals surface area contributed by atoms with Crippen molar-refractivity contribution >= 4 is 5.84 Å². The highest BCUT2D eigenvalue weighted by atomic mass is 16.5. The third-order valence-electron chi connectivity index (χ3n) is 3.91. The van der Waals surface area contributed by atoms with Crippen LogP contribution in [0.15, 0.2) is 5.16 Å². The van der Waals surface area contributed by atoms with E-state index in [0.717, 1.165) is 13.0 Å². The van der Waals surface area contributed by atoms with Crippen LogP contribution >= 0.6 is 0 Å². The van der Waals surface area contributed by atoms with Gasteiger partial charge in [-0.15, -0.1) is 0 Å². The van der Waals surface area contributed by atoms with Crippen LogP contribution in [-0.2, 0) is 4.74 Å². The van der Waals surface area contributed by atoms with Gasteiger partial charge in [0.2, 0.25) is 0 Å². The van der Waals surface area contributed by atoms with Gasteiger partial charge in [-0.3, -0.25) is 0 Å². The van der Waals surface area contributed by atoms with Gasteiger partial charge < -0.3 is 25.7 Å². The van der Waals surface area contributed by atoms with Crippen LogP contribution in [0.4, 0.5) is 0 Å². The summed E-state index contributed by atoms with van der Waals surface area (Å²) in [6.45, 7) is 6.55. The highest BCUT2D eigenvalue weighted by molar-refractivity contribution is 5.85. The van der Waals surface area contributed by atoms with Crippen molar-refractivity contribution in [2.45, 2.75) is 38.7 Å². The Morgan fingerprint density at radius 3 is 2.53 bits per heavy atom. The van der Waals surface area contributed by atoms with Crippen molar-refractivity contribution in [3.8, 4) is 0 Å². The van der Waals surface area contributed by atoms with Gasteiger partial charge in [-0.25, -0.2) is 0 Å². The maximum Gasteiger partial charge on any atom is 0.144 e. The summed E-state index contributed by atoms with van der Waals surface area (Å²) in [4.78, 5) is 2.09. The van der Waals surface area contributed by atoms with Crippen LogP contribution in [0.5, 0.6) is 0 Å². The molecule has 0 amide bonds. The molecule has 4 N–H and O–H groups in total. The Balaban J connectivity index is 2.41. The van der Waals surface area contributed by atoms with Crippen molar-refractivity contribution in [2.24, 2.45) is 16.3 Å². The summed E-state index contributed by atoms with van der Waals surface area (Å²) < 4.78 is 5.27. The average Bonchev–Trinajstić information content (AvgIpc) is 2.36. The van der Waals surface area contributed by atoms with Gasteiger partial charge in [0.05, 0.1) is 5.60 Å². The van der Waals surface area contributed by atoms with E-state index in [0.29, 0.717) is 32.6 Å². The number of aliphatic hydroxyl groups is 1. The van der Waals surface area contributed by atoms with Crippen molar-refractivity contribution in [2.75, 3.05) is 33.4 Å². The molecule has 112 valence electrons. The molecule has 0 radical (unpaired) electrons. The third kappa shape index (κ3) is 4.97. The molecule has 1 rings (SSSR count). The lowest BCUT2D eigenvalue weighted by molar-refractivity contribution is -0.0772. The molecule has 1 saturated heterocycles. The summed E-state index contributed by atoms with van der Waals surface area (Å²) in [5.41, 5.74) is 4.67. The van der Waals surface area contributed by atoms with E-state index in [1.54, 1.807) is 0 Å². The van der Waals surface area contributed by atoms with Crippen LogP contribution in [0.3, 0.4) is 0 Å². The predicted octanol–water partition coefficient (Wildman–Crippen LogP) is 0.622. The fourth-order valence-corrected chi connectivity index (χ4v) is 2.22. The quantitative estimate of drug-likeness (QED) is 0.286. The molecule has 0 bridgehead atoms. The maximum absolute atomic E-state index is 10.4. The number of hydrogen-bond acceptors (Lipinski definition) is 5. The average molecular weight is 273 g/mol. The van der Waals surface area contributed by atoms with Crippen molar-refractivity contribution in [3.63, 3.8) is 0 Å². The van der Waals surface area contributed by atoms with E-state index in [9.17, 15) is 5.11 Å². The Hall–Kier alpha value is -0.850. The normalized spacial score (nSPS) is 20.8. The second-order valence-corrected chi connectivity index (χ2v) is 6.19. The predicted molar refractivity (Wildman–Crippen MR) is 74.3 cm³/mol. The SMILES string of the molecule is CN(CCC(C)(C)C(N)=NO)CC1(O)CCOCC1. The van der Waals surface area contributed by atoms with E-state index in [-0.39, 0.29) is 11.3 Å². The van der Waals surface area contributed by atoms with Gasteiger partial charge in [-0.1, -0.05) is 19.0 Å².